The summed E-state index contributed by atoms with van der Waals surface area (Å²) in [7, 11) is 2.00. The SMILES string of the molecule is CCCCCCCCOC1CC(NC)C1OCC. The molecule has 0 saturated heterocycles. The van der Waals surface area contributed by atoms with Gasteiger partial charge in [-0.3, -0.25) is 0 Å². The topological polar surface area (TPSA) is 30.5 Å². The van der Waals surface area contributed by atoms with Crippen LogP contribution in [-0.2, 0) is 9.47 Å². The van der Waals surface area contributed by atoms with Crippen molar-refractivity contribution in [2.24, 2.45) is 0 Å². The number of likely N-dealkylation sites (N-methyl/N-ethyl adjacent to an activating group) is 1. The van der Waals surface area contributed by atoms with Crippen LogP contribution in [0.4, 0.5) is 0 Å². The molecule has 3 atom stereocenters. The molecule has 0 bridgehead atoms. The molecule has 0 spiro atoms. The summed E-state index contributed by atoms with van der Waals surface area (Å²) in [5.41, 5.74) is 0. The monoisotopic (exact) mass is 257 g/mol. The van der Waals surface area contributed by atoms with Gasteiger partial charge in [-0.15, -0.1) is 0 Å². The van der Waals surface area contributed by atoms with Crippen molar-refractivity contribution >= 4 is 0 Å². The summed E-state index contributed by atoms with van der Waals surface area (Å²) in [5, 5.41) is 3.29. The lowest BCUT2D eigenvalue weighted by atomic mass is 9.85. The van der Waals surface area contributed by atoms with Crippen molar-refractivity contribution in [2.45, 2.75) is 77.0 Å². The van der Waals surface area contributed by atoms with Gasteiger partial charge in [0.15, 0.2) is 0 Å². The lowest BCUT2D eigenvalue weighted by molar-refractivity contribution is -0.144. The van der Waals surface area contributed by atoms with Gasteiger partial charge in [0.05, 0.1) is 12.2 Å². The van der Waals surface area contributed by atoms with Crippen LogP contribution in [0.3, 0.4) is 0 Å². The highest BCUT2D eigenvalue weighted by Gasteiger charge is 2.41. The maximum Gasteiger partial charge on any atom is 0.0990 e. The van der Waals surface area contributed by atoms with E-state index in [2.05, 4.69) is 19.2 Å². The molecule has 0 aliphatic heterocycles. The predicted octanol–water partition coefficient (Wildman–Crippen LogP) is 3.13. The number of hydrogen-bond acceptors (Lipinski definition) is 3. The predicted molar refractivity (Wildman–Crippen MR) is 76.0 cm³/mol. The Balaban J connectivity index is 1.98. The Morgan fingerprint density at radius 2 is 1.72 bits per heavy atom. The molecule has 3 nitrogen and oxygen atoms in total. The van der Waals surface area contributed by atoms with Crippen LogP contribution >= 0.6 is 0 Å². The molecule has 108 valence electrons. The van der Waals surface area contributed by atoms with Crippen molar-refractivity contribution in [3.63, 3.8) is 0 Å². The third-order valence-electron chi connectivity index (χ3n) is 3.81. The fourth-order valence-electron chi connectivity index (χ4n) is 2.56. The molecule has 1 aliphatic carbocycles. The smallest absolute Gasteiger partial charge is 0.0990 e. The molecule has 0 heterocycles. The first-order valence-electron chi connectivity index (χ1n) is 7.73. The minimum absolute atomic E-state index is 0.264. The summed E-state index contributed by atoms with van der Waals surface area (Å²) in [6.07, 6.45) is 9.61. The Labute approximate surface area is 113 Å². The molecular weight excluding hydrogens is 226 g/mol. The van der Waals surface area contributed by atoms with E-state index in [1.54, 1.807) is 0 Å². The molecule has 0 radical (unpaired) electrons. The molecule has 0 aromatic rings. The molecule has 0 aromatic heterocycles. The Kier molecular flexibility index (Phi) is 8.64. The van der Waals surface area contributed by atoms with Gasteiger partial charge in [0.1, 0.15) is 0 Å². The van der Waals surface area contributed by atoms with E-state index in [0.717, 1.165) is 19.6 Å². The van der Waals surface area contributed by atoms with Crippen molar-refractivity contribution in [3.8, 4) is 0 Å². The van der Waals surface area contributed by atoms with Gasteiger partial charge in [0, 0.05) is 19.3 Å². The maximum absolute atomic E-state index is 5.92. The van der Waals surface area contributed by atoms with Crippen LogP contribution in [0.25, 0.3) is 0 Å². The number of ether oxygens (including phenoxy) is 2. The van der Waals surface area contributed by atoms with E-state index in [0.29, 0.717) is 12.1 Å². The molecule has 1 rings (SSSR count). The zero-order chi connectivity index (χ0) is 13.2. The molecular formula is C15H31NO2. The molecule has 18 heavy (non-hydrogen) atoms. The van der Waals surface area contributed by atoms with Gasteiger partial charge < -0.3 is 14.8 Å². The van der Waals surface area contributed by atoms with Gasteiger partial charge in [0.2, 0.25) is 0 Å². The fraction of sp³-hybridized carbons (Fsp3) is 1.00. The van der Waals surface area contributed by atoms with Crippen molar-refractivity contribution < 1.29 is 9.47 Å². The summed E-state index contributed by atoms with van der Waals surface area (Å²) in [4.78, 5) is 0. The van der Waals surface area contributed by atoms with Gasteiger partial charge in [-0.05, 0) is 26.8 Å². The van der Waals surface area contributed by atoms with Crippen LogP contribution in [0.5, 0.6) is 0 Å². The Morgan fingerprint density at radius 3 is 2.39 bits per heavy atom. The van der Waals surface area contributed by atoms with E-state index in [1.165, 1.54) is 38.5 Å². The van der Waals surface area contributed by atoms with Crippen LogP contribution in [0, 0.1) is 0 Å². The molecule has 1 fully saturated rings. The average Bonchev–Trinajstić information content (AvgIpc) is 2.37. The lowest BCUT2D eigenvalue weighted by Crippen LogP contribution is -2.59. The first-order valence-corrected chi connectivity index (χ1v) is 7.73. The molecule has 1 aliphatic rings. The van der Waals surface area contributed by atoms with Gasteiger partial charge >= 0.3 is 0 Å². The highest BCUT2D eigenvalue weighted by Crippen LogP contribution is 2.27. The van der Waals surface area contributed by atoms with E-state index in [4.69, 9.17) is 9.47 Å². The first kappa shape index (κ1) is 15.9. The summed E-state index contributed by atoms with van der Waals surface area (Å²) in [5.74, 6) is 0. The second-order valence-electron chi connectivity index (χ2n) is 5.23. The largest absolute Gasteiger partial charge is 0.375 e. The highest BCUT2D eigenvalue weighted by molar-refractivity contribution is 4.96. The lowest BCUT2D eigenvalue weighted by Gasteiger charge is -2.43. The Hall–Kier alpha value is -0.120. The van der Waals surface area contributed by atoms with Crippen molar-refractivity contribution in [3.05, 3.63) is 0 Å². The number of unbranched alkanes of at least 4 members (excludes halogenated alkanes) is 5. The Morgan fingerprint density at radius 1 is 1.00 bits per heavy atom. The maximum atomic E-state index is 5.92. The molecule has 1 saturated carbocycles. The quantitative estimate of drug-likeness (QED) is 0.577. The summed E-state index contributed by atoms with van der Waals surface area (Å²) >= 11 is 0. The van der Waals surface area contributed by atoms with Crippen molar-refractivity contribution in [1.82, 2.24) is 5.32 Å². The summed E-state index contributed by atoms with van der Waals surface area (Å²) in [6, 6.07) is 0.486. The molecule has 3 heteroatoms. The third kappa shape index (κ3) is 5.25. The average molecular weight is 257 g/mol. The number of rotatable bonds is 11. The Bertz CT molecular complexity index is 199. The standard InChI is InChI=1S/C15H31NO2/c1-4-6-7-8-9-10-11-18-14-12-13(16-3)15(14)17-5-2/h13-16H,4-12H2,1-3H3. The second-order valence-corrected chi connectivity index (χ2v) is 5.23. The highest BCUT2D eigenvalue weighted by atomic mass is 16.5. The van der Waals surface area contributed by atoms with E-state index in [1.807, 2.05) is 7.05 Å². The molecule has 0 amide bonds. The summed E-state index contributed by atoms with van der Waals surface area (Å²) < 4.78 is 11.6. The van der Waals surface area contributed by atoms with Gasteiger partial charge in [-0.25, -0.2) is 0 Å². The van der Waals surface area contributed by atoms with E-state index < -0.39 is 0 Å². The van der Waals surface area contributed by atoms with E-state index >= 15 is 0 Å². The van der Waals surface area contributed by atoms with Crippen LogP contribution in [0.1, 0.15) is 58.8 Å². The zero-order valence-electron chi connectivity index (χ0n) is 12.4. The molecule has 1 N–H and O–H groups in total. The fourth-order valence-corrected chi connectivity index (χ4v) is 2.56. The third-order valence-corrected chi connectivity index (χ3v) is 3.81. The summed E-state index contributed by atoms with van der Waals surface area (Å²) in [6.45, 7) is 5.98. The van der Waals surface area contributed by atoms with Crippen molar-refractivity contribution in [2.75, 3.05) is 20.3 Å². The van der Waals surface area contributed by atoms with Crippen LogP contribution in [0.15, 0.2) is 0 Å². The second kappa shape index (κ2) is 9.76. The minimum Gasteiger partial charge on any atom is -0.375 e. The normalized spacial score (nSPS) is 27.2. The van der Waals surface area contributed by atoms with Crippen LogP contribution in [0.2, 0.25) is 0 Å². The van der Waals surface area contributed by atoms with Gasteiger partial charge in [-0.2, -0.15) is 0 Å². The first-order chi connectivity index (χ1) is 8.83. The number of hydrogen-bond donors (Lipinski definition) is 1. The molecule has 3 unspecified atom stereocenters. The van der Waals surface area contributed by atoms with E-state index in [-0.39, 0.29) is 6.10 Å². The minimum atomic E-state index is 0.264. The van der Waals surface area contributed by atoms with Crippen LogP contribution < -0.4 is 5.32 Å². The number of nitrogens with one attached hydrogen (secondary N) is 1. The van der Waals surface area contributed by atoms with Gasteiger partial charge in [-0.1, -0.05) is 39.0 Å². The van der Waals surface area contributed by atoms with Gasteiger partial charge in [0.25, 0.3) is 0 Å². The van der Waals surface area contributed by atoms with Crippen LogP contribution in [-0.4, -0.2) is 38.5 Å². The zero-order valence-corrected chi connectivity index (χ0v) is 12.4. The van der Waals surface area contributed by atoms with E-state index in [9.17, 15) is 0 Å². The van der Waals surface area contributed by atoms with Crippen molar-refractivity contribution in [1.29, 1.82) is 0 Å². The molecule has 0 aromatic carbocycles.